The van der Waals surface area contributed by atoms with Crippen LogP contribution in [0, 0.1) is 25.2 Å². The molecule has 176 valence electrons. The van der Waals surface area contributed by atoms with Crippen molar-refractivity contribution in [1.29, 1.82) is 0 Å². The van der Waals surface area contributed by atoms with Crippen molar-refractivity contribution >= 4 is 27.7 Å². The van der Waals surface area contributed by atoms with Gasteiger partial charge in [-0.1, -0.05) is 68.1 Å². The Kier molecular flexibility index (Phi) is 6.77. The maximum absolute atomic E-state index is 6.15. The van der Waals surface area contributed by atoms with Gasteiger partial charge in [-0.15, -0.1) is 12.3 Å². The van der Waals surface area contributed by atoms with Gasteiger partial charge < -0.3 is 10.7 Å². The van der Waals surface area contributed by atoms with E-state index in [2.05, 4.69) is 78.5 Å². The molecule has 0 spiro atoms. The van der Waals surface area contributed by atoms with E-state index < -0.39 is 0 Å². The van der Waals surface area contributed by atoms with Gasteiger partial charge in [0.05, 0.1) is 0 Å². The number of rotatable bonds is 7. The number of fused-ring (bicyclic) bond motifs is 1. The van der Waals surface area contributed by atoms with Gasteiger partial charge in [0.2, 0.25) is 0 Å². The topological polar surface area (TPSA) is 41.8 Å². The third kappa shape index (κ3) is 4.91. The van der Waals surface area contributed by atoms with Crippen molar-refractivity contribution in [2.45, 2.75) is 51.9 Å². The van der Waals surface area contributed by atoms with Crippen LogP contribution in [0.2, 0.25) is 0 Å². The SMILES string of the molecule is C#CCC/C(=C(/c1ccc(CC2CCCC2)cc1)c1ccc(N)cc1C)c1cccc2[nH]ccc12. The minimum atomic E-state index is 0.688. The van der Waals surface area contributed by atoms with E-state index in [0.717, 1.165) is 23.5 Å². The smallest absolute Gasteiger partial charge is 0.0460 e. The number of aryl methyl sites for hydroxylation is 1. The van der Waals surface area contributed by atoms with E-state index in [-0.39, 0.29) is 0 Å². The Morgan fingerprint density at radius 2 is 1.80 bits per heavy atom. The van der Waals surface area contributed by atoms with Crippen molar-refractivity contribution in [1.82, 2.24) is 4.98 Å². The van der Waals surface area contributed by atoms with Gasteiger partial charge in [-0.25, -0.2) is 0 Å². The number of allylic oxidation sites excluding steroid dienone is 1. The molecule has 1 saturated carbocycles. The molecule has 0 unspecified atom stereocenters. The molecular formula is C33H34N2. The third-order valence-electron chi connectivity index (χ3n) is 7.50. The molecular weight excluding hydrogens is 424 g/mol. The predicted molar refractivity (Wildman–Crippen MR) is 150 cm³/mol. The van der Waals surface area contributed by atoms with Crippen LogP contribution in [-0.2, 0) is 6.42 Å². The van der Waals surface area contributed by atoms with E-state index in [1.165, 1.54) is 76.5 Å². The molecule has 1 aliphatic carbocycles. The fourth-order valence-electron chi connectivity index (χ4n) is 5.76. The van der Waals surface area contributed by atoms with Crippen molar-refractivity contribution in [3.8, 4) is 12.3 Å². The number of anilines is 1. The van der Waals surface area contributed by atoms with Gasteiger partial charge in [-0.2, -0.15) is 0 Å². The lowest BCUT2D eigenvalue weighted by Gasteiger charge is -2.20. The van der Waals surface area contributed by atoms with Crippen LogP contribution in [0.15, 0.2) is 72.9 Å². The Labute approximate surface area is 209 Å². The van der Waals surface area contributed by atoms with E-state index in [0.29, 0.717) is 6.42 Å². The number of aromatic nitrogens is 1. The predicted octanol–water partition coefficient (Wildman–Crippen LogP) is 8.16. The zero-order valence-electron chi connectivity index (χ0n) is 20.6. The lowest BCUT2D eigenvalue weighted by molar-refractivity contribution is 0.546. The molecule has 4 aromatic rings. The summed E-state index contributed by atoms with van der Waals surface area (Å²) in [6.45, 7) is 2.15. The van der Waals surface area contributed by atoms with Gasteiger partial charge in [-0.05, 0) is 88.9 Å². The molecule has 3 N–H and O–H groups in total. The van der Waals surface area contributed by atoms with Crippen molar-refractivity contribution in [3.05, 3.63) is 101 Å². The maximum Gasteiger partial charge on any atom is 0.0460 e. The molecule has 1 fully saturated rings. The molecule has 0 saturated heterocycles. The quantitative estimate of drug-likeness (QED) is 0.164. The minimum absolute atomic E-state index is 0.688. The number of nitrogen functional groups attached to an aromatic ring is 1. The second-order valence-corrected chi connectivity index (χ2v) is 9.93. The van der Waals surface area contributed by atoms with Gasteiger partial charge in [0, 0.05) is 29.2 Å². The average molecular weight is 459 g/mol. The molecule has 1 aliphatic rings. The molecule has 3 aromatic carbocycles. The van der Waals surface area contributed by atoms with Crippen LogP contribution in [-0.4, -0.2) is 4.98 Å². The number of nitrogens with two attached hydrogens (primary N) is 1. The van der Waals surface area contributed by atoms with E-state index in [4.69, 9.17) is 12.2 Å². The van der Waals surface area contributed by atoms with Gasteiger partial charge in [0.15, 0.2) is 0 Å². The summed E-state index contributed by atoms with van der Waals surface area (Å²) in [6, 6.07) is 24.2. The van der Waals surface area contributed by atoms with Gasteiger partial charge in [-0.3, -0.25) is 0 Å². The second kappa shape index (κ2) is 10.3. The van der Waals surface area contributed by atoms with Gasteiger partial charge >= 0.3 is 0 Å². The summed E-state index contributed by atoms with van der Waals surface area (Å²) in [5.74, 6) is 3.72. The summed E-state index contributed by atoms with van der Waals surface area (Å²) >= 11 is 0. The number of hydrogen-bond acceptors (Lipinski definition) is 1. The molecule has 2 heteroatoms. The molecule has 5 rings (SSSR count). The first-order valence-corrected chi connectivity index (χ1v) is 12.8. The van der Waals surface area contributed by atoms with Crippen LogP contribution < -0.4 is 5.73 Å². The summed E-state index contributed by atoms with van der Waals surface area (Å²) in [5.41, 5.74) is 16.9. The Morgan fingerprint density at radius 3 is 2.54 bits per heavy atom. The largest absolute Gasteiger partial charge is 0.399 e. The molecule has 0 aliphatic heterocycles. The molecule has 35 heavy (non-hydrogen) atoms. The Morgan fingerprint density at radius 1 is 1.00 bits per heavy atom. The van der Waals surface area contributed by atoms with Gasteiger partial charge in [0.25, 0.3) is 0 Å². The first-order chi connectivity index (χ1) is 17.1. The lowest BCUT2D eigenvalue weighted by atomic mass is 9.84. The third-order valence-corrected chi connectivity index (χ3v) is 7.50. The summed E-state index contributed by atoms with van der Waals surface area (Å²) in [4.78, 5) is 3.37. The molecule has 0 radical (unpaired) electrons. The molecule has 0 bridgehead atoms. The number of terminal acetylenes is 1. The summed E-state index contributed by atoms with van der Waals surface area (Å²) in [5, 5.41) is 1.22. The number of benzene rings is 3. The van der Waals surface area contributed by atoms with E-state index in [1.807, 2.05) is 12.3 Å². The fourth-order valence-corrected chi connectivity index (χ4v) is 5.76. The lowest BCUT2D eigenvalue weighted by Crippen LogP contribution is -2.01. The summed E-state index contributed by atoms with van der Waals surface area (Å²) in [6.07, 6.45) is 16.0. The zero-order valence-corrected chi connectivity index (χ0v) is 20.6. The normalized spacial score (nSPS) is 14.7. The number of aromatic amines is 1. The molecule has 1 aromatic heterocycles. The monoisotopic (exact) mass is 458 g/mol. The maximum atomic E-state index is 6.15. The van der Waals surface area contributed by atoms with Crippen LogP contribution in [0.3, 0.4) is 0 Å². The highest BCUT2D eigenvalue weighted by atomic mass is 14.7. The molecule has 1 heterocycles. The van der Waals surface area contributed by atoms with Crippen LogP contribution >= 0.6 is 0 Å². The molecule has 2 nitrogen and oxygen atoms in total. The van der Waals surface area contributed by atoms with Crippen LogP contribution in [0.4, 0.5) is 5.69 Å². The summed E-state index contributed by atoms with van der Waals surface area (Å²) in [7, 11) is 0. The zero-order chi connectivity index (χ0) is 24.2. The van der Waals surface area contributed by atoms with Crippen LogP contribution in [0.1, 0.15) is 66.3 Å². The first kappa shape index (κ1) is 23.1. The number of H-pyrrole nitrogens is 1. The number of nitrogens with one attached hydrogen (secondary N) is 1. The van der Waals surface area contributed by atoms with Gasteiger partial charge in [0.1, 0.15) is 0 Å². The van der Waals surface area contributed by atoms with Crippen molar-refractivity contribution in [2.75, 3.05) is 5.73 Å². The highest BCUT2D eigenvalue weighted by Crippen LogP contribution is 2.39. The van der Waals surface area contributed by atoms with Crippen LogP contribution in [0.25, 0.3) is 22.0 Å². The molecule has 0 amide bonds. The summed E-state index contributed by atoms with van der Waals surface area (Å²) < 4.78 is 0. The highest BCUT2D eigenvalue weighted by molar-refractivity contribution is 6.05. The van der Waals surface area contributed by atoms with Crippen molar-refractivity contribution in [2.24, 2.45) is 5.92 Å². The average Bonchev–Trinajstić information content (AvgIpc) is 3.55. The van der Waals surface area contributed by atoms with E-state index in [1.54, 1.807) is 0 Å². The van der Waals surface area contributed by atoms with E-state index >= 15 is 0 Å². The first-order valence-electron chi connectivity index (χ1n) is 12.8. The Balaban J connectivity index is 1.69. The molecule has 0 atom stereocenters. The fraction of sp³-hybridized carbons (Fsp3) is 0.273. The Hall–Kier alpha value is -3.70. The second-order valence-electron chi connectivity index (χ2n) is 9.93. The Bertz CT molecular complexity index is 1390. The van der Waals surface area contributed by atoms with E-state index in [9.17, 15) is 0 Å². The van der Waals surface area contributed by atoms with Crippen LogP contribution in [0.5, 0.6) is 0 Å². The van der Waals surface area contributed by atoms with Crippen molar-refractivity contribution in [3.63, 3.8) is 0 Å². The highest BCUT2D eigenvalue weighted by Gasteiger charge is 2.19. The standard InChI is InChI=1S/C33H34N2/c1-3-4-10-31(29-11-7-12-32-30(29)19-20-35-32)33(28-18-17-27(34)21-23(28)2)26-15-13-25(14-16-26)22-24-8-5-6-9-24/h1,7,11-21,24,35H,4-6,8-10,22,34H2,2H3/b33-31+. The minimum Gasteiger partial charge on any atom is -0.399 e. The van der Waals surface area contributed by atoms with Crippen molar-refractivity contribution < 1.29 is 0 Å². The number of hydrogen-bond donors (Lipinski definition) is 2.